The van der Waals surface area contributed by atoms with Crippen LogP contribution in [-0.4, -0.2) is 29.8 Å². The average molecular weight is 237 g/mol. The number of esters is 1. The van der Waals surface area contributed by atoms with E-state index >= 15 is 0 Å². The lowest BCUT2D eigenvalue weighted by molar-refractivity contribution is -0.148. The third kappa shape index (κ3) is 4.97. The zero-order valence-electron chi connectivity index (χ0n) is 10.2. The van der Waals surface area contributed by atoms with Crippen LogP contribution in [0.15, 0.2) is 30.3 Å². The summed E-state index contributed by atoms with van der Waals surface area (Å²) in [5.41, 5.74) is 0.932. The van der Waals surface area contributed by atoms with Crippen molar-refractivity contribution in [2.24, 2.45) is 0 Å². The van der Waals surface area contributed by atoms with Crippen LogP contribution < -0.4 is 5.32 Å². The molecular formula is C13H19NO3. The van der Waals surface area contributed by atoms with E-state index in [4.69, 9.17) is 9.84 Å². The number of hydrogen-bond donors (Lipinski definition) is 2. The monoisotopic (exact) mass is 237 g/mol. The minimum absolute atomic E-state index is 0.122. The average Bonchev–Trinajstić information content (AvgIpc) is 2.34. The molecular weight excluding hydrogens is 218 g/mol. The molecule has 0 aliphatic carbocycles. The second kappa shape index (κ2) is 7.04. The highest BCUT2D eigenvalue weighted by Gasteiger charge is 2.19. The Bertz CT molecular complexity index is 338. The van der Waals surface area contributed by atoms with Crippen LogP contribution in [0.1, 0.15) is 19.4 Å². The van der Waals surface area contributed by atoms with Crippen LogP contribution in [0.2, 0.25) is 0 Å². The van der Waals surface area contributed by atoms with Crippen molar-refractivity contribution in [1.82, 2.24) is 5.32 Å². The molecule has 0 aromatic heterocycles. The lowest BCUT2D eigenvalue weighted by Gasteiger charge is -2.17. The predicted octanol–water partition coefficient (Wildman–Crippen LogP) is 1.09. The smallest absolute Gasteiger partial charge is 0.325 e. The summed E-state index contributed by atoms with van der Waals surface area (Å²) >= 11 is 0. The first kappa shape index (κ1) is 13.7. The van der Waals surface area contributed by atoms with E-state index in [1.54, 1.807) is 0 Å². The topological polar surface area (TPSA) is 58.6 Å². The third-order valence-corrected chi connectivity index (χ3v) is 2.23. The van der Waals surface area contributed by atoms with E-state index in [0.29, 0.717) is 0 Å². The van der Waals surface area contributed by atoms with Crippen molar-refractivity contribution in [3.05, 3.63) is 35.9 Å². The van der Waals surface area contributed by atoms with E-state index in [2.05, 4.69) is 5.32 Å². The number of rotatable bonds is 6. The Kier molecular flexibility index (Phi) is 5.66. The Labute approximate surface area is 102 Å². The summed E-state index contributed by atoms with van der Waals surface area (Å²) in [6, 6.07) is 8.92. The van der Waals surface area contributed by atoms with E-state index in [1.807, 2.05) is 44.2 Å². The standard InChI is InChI=1S/C13H19NO3/c1-10(2)14-12(8-15)13(16)17-9-11-6-4-3-5-7-11/h3-7,10,12,14-15H,8-9H2,1-2H3. The van der Waals surface area contributed by atoms with Gasteiger partial charge in [0.2, 0.25) is 0 Å². The highest BCUT2D eigenvalue weighted by atomic mass is 16.5. The number of hydrogen-bond acceptors (Lipinski definition) is 4. The Hall–Kier alpha value is -1.39. The summed E-state index contributed by atoms with van der Waals surface area (Å²) in [5.74, 6) is -0.426. The van der Waals surface area contributed by atoms with Gasteiger partial charge in [-0.3, -0.25) is 4.79 Å². The summed E-state index contributed by atoms with van der Waals surface area (Å²) in [5, 5.41) is 12.0. The van der Waals surface area contributed by atoms with Gasteiger partial charge >= 0.3 is 5.97 Å². The maximum Gasteiger partial charge on any atom is 0.325 e. The SMILES string of the molecule is CC(C)NC(CO)C(=O)OCc1ccccc1. The zero-order valence-corrected chi connectivity index (χ0v) is 10.2. The molecule has 0 bridgehead atoms. The molecule has 0 heterocycles. The van der Waals surface area contributed by atoms with Crippen molar-refractivity contribution in [2.75, 3.05) is 6.61 Å². The molecule has 17 heavy (non-hydrogen) atoms. The van der Waals surface area contributed by atoms with Crippen molar-refractivity contribution < 1.29 is 14.6 Å². The lowest BCUT2D eigenvalue weighted by Crippen LogP contribution is -2.44. The van der Waals surface area contributed by atoms with Gasteiger partial charge in [-0.25, -0.2) is 0 Å². The fourth-order valence-electron chi connectivity index (χ4n) is 1.43. The molecule has 2 N–H and O–H groups in total. The van der Waals surface area contributed by atoms with Gasteiger partial charge in [0.05, 0.1) is 6.61 Å². The molecule has 0 radical (unpaired) electrons. The zero-order chi connectivity index (χ0) is 12.7. The van der Waals surface area contributed by atoms with Crippen LogP contribution in [0, 0.1) is 0 Å². The molecule has 94 valence electrons. The van der Waals surface area contributed by atoms with E-state index in [1.165, 1.54) is 0 Å². The summed E-state index contributed by atoms with van der Waals surface area (Å²) < 4.78 is 5.12. The molecule has 1 rings (SSSR count). The molecule has 1 aromatic carbocycles. The molecule has 0 aliphatic rings. The minimum Gasteiger partial charge on any atom is -0.460 e. The molecule has 4 heteroatoms. The highest BCUT2D eigenvalue weighted by molar-refractivity contribution is 5.75. The molecule has 0 fully saturated rings. The molecule has 0 saturated carbocycles. The van der Waals surface area contributed by atoms with E-state index in [0.717, 1.165) is 5.56 Å². The normalized spacial score (nSPS) is 12.5. The van der Waals surface area contributed by atoms with Gasteiger partial charge < -0.3 is 15.2 Å². The van der Waals surface area contributed by atoms with Crippen LogP contribution in [0.5, 0.6) is 0 Å². The van der Waals surface area contributed by atoms with Crippen LogP contribution >= 0.6 is 0 Å². The van der Waals surface area contributed by atoms with Gasteiger partial charge in [-0.05, 0) is 5.56 Å². The maximum absolute atomic E-state index is 11.6. The van der Waals surface area contributed by atoms with Crippen LogP contribution in [0.25, 0.3) is 0 Å². The summed E-state index contributed by atoms with van der Waals surface area (Å²) in [4.78, 5) is 11.6. The Morgan fingerprint density at radius 3 is 2.53 bits per heavy atom. The first-order valence-corrected chi connectivity index (χ1v) is 5.71. The largest absolute Gasteiger partial charge is 0.460 e. The highest BCUT2D eigenvalue weighted by Crippen LogP contribution is 2.02. The number of carbonyl (C=O) groups is 1. The minimum atomic E-state index is -0.654. The van der Waals surface area contributed by atoms with Gasteiger partial charge in [0.1, 0.15) is 12.6 Å². The van der Waals surface area contributed by atoms with Gasteiger partial charge in [0.25, 0.3) is 0 Å². The van der Waals surface area contributed by atoms with Crippen molar-refractivity contribution in [3.63, 3.8) is 0 Å². The molecule has 1 atom stereocenters. The first-order chi connectivity index (χ1) is 8.13. The van der Waals surface area contributed by atoms with Crippen molar-refractivity contribution in [2.45, 2.75) is 32.5 Å². The molecule has 0 aliphatic heterocycles. The molecule has 1 unspecified atom stereocenters. The van der Waals surface area contributed by atoms with Gasteiger partial charge in [0.15, 0.2) is 0 Å². The maximum atomic E-state index is 11.6. The van der Waals surface area contributed by atoms with Gasteiger partial charge in [0, 0.05) is 6.04 Å². The Morgan fingerprint density at radius 2 is 2.00 bits per heavy atom. The molecule has 0 saturated heterocycles. The summed E-state index contributed by atoms with van der Waals surface area (Å²) in [6.45, 7) is 3.79. The van der Waals surface area contributed by atoms with Gasteiger partial charge in [-0.2, -0.15) is 0 Å². The van der Waals surface area contributed by atoms with Crippen molar-refractivity contribution >= 4 is 5.97 Å². The Morgan fingerprint density at radius 1 is 1.35 bits per heavy atom. The molecule has 0 amide bonds. The quantitative estimate of drug-likeness (QED) is 0.727. The fraction of sp³-hybridized carbons (Fsp3) is 0.462. The van der Waals surface area contributed by atoms with E-state index in [9.17, 15) is 4.79 Å². The van der Waals surface area contributed by atoms with E-state index < -0.39 is 12.0 Å². The van der Waals surface area contributed by atoms with Gasteiger partial charge in [-0.15, -0.1) is 0 Å². The van der Waals surface area contributed by atoms with Crippen LogP contribution in [0.3, 0.4) is 0 Å². The molecule has 1 aromatic rings. The van der Waals surface area contributed by atoms with Crippen molar-refractivity contribution in [3.8, 4) is 0 Å². The second-order valence-electron chi connectivity index (χ2n) is 4.15. The number of nitrogens with one attached hydrogen (secondary N) is 1. The molecule has 4 nitrogen and oxygen atoms in total. The third-order valence-electron chi connectivity index (χ3n) is 2.23. The number of aliphatic hydroxyl groups is 1. The second-order valence-corrected chi connectivity index (χ2v) is 4.15. The fourth-order valence-corrected chi connectivity index (χ4v) is 1.43. The summed E-state index contributed by atoms with van der Waals surface area (Å²) in [7, 11) is 0. The number of ether oxygens (including phenoxy) is 1. The molecule has 0 spiro atoms. The number of benzene rings is 1. The van der Waals surface area contributed by atoms with Crippen LogP contribution in [0.4, 0.5) is 0 Å². The Balaban J connectivity index is 2.42. The van der Waals surface area contributed by atoms with E-state index in [-0.39, 0.29) is 19.3 Å². The van der Waals surface area contributed by atoms with Gasteiger partial charge in [-0.1, -0.05) is 44.2 Å². The number of carbonyl (C=O) groups excluding carboxylic acids is 1. The van der Waals surface area contributed by atoms with Crippen molar-refractivity contribution in [1.29, 1.82) is 0 Å². The predicted molar refractivity (Wildman–Crippen MR) is 65.4 cm³/mol. The number of aliphatic hydroxyl groups excluding tert-OH is 1. The first-order valence-electron chi connectivity index (χ1n) is 5.71. The summed E-state index contributed by atoms with van der Waals surface area (Å²) in [6.07, 6.45) is 0. The lowest BCUT2D eigenvalue weighted by atomic mass is 10.2. The van der Waals surface area contributed by atoms with Crippen LogP contribution in [-0.2, 0) is 16.1 Å².